The second kappa shape index (κ2) is 13.6. The van der Waals surface area contributed by atoms with E-state index in [1.807, 2.05) is 20.8 Å². The lowest BCUT2D eigenvalue weighted by atomic mass is 9.72. The molecule has 1 aromatic heterocycles. The maximum atomic E-state index is 14.2. The van der Waals surface area contributed by atoms with Gasteiger partial charge in [0.2, 0.25) is 10.0 Å². The number of benzene rings is 1. The number of aromatic nitrogens is 2. The first-order valence-corrected chi connectivity index (χ1v) is 17.3. The molecule has 0 aliphatic carbocycles. The van der Waals surface area contributed by atoms with Gasteiger partial charge in [0.25, 0.3) is 5.91 Å². The van der Waals surface area contributed by atoms with E-state index in [4.69, 9.17) is 9.47 Å². The van der Waals surface area contributed by atoms with Crippen molar-refractivity contribution in [1.29, 1.82) is 0 Å². The highest BCUT2D eigenvalue weighted by atomic mass is 32.2. The number of carbonyl (C=O) groups is 1. The van der Waals surface area contributed by atoms with Gasteiger partial charge in [0.05, 0.1) is 30.2 Å². The summed E-state index contributed by atoms with van der Waals surface area (Å²) >= 11 is 0. The van der Waals surface area contributed by atoms with E-state index in [0.717, 1.165) is 58.4 Å². The number of halogens is 1. The van der Waals surface area contributed by atoms with Crippen LogP contribution in [-0.4, -0.2) is 104 Å². The third kappa shape index (κ3) is 7.49. The van der Waals surface area contributed by atoms with Crippen LogP contribution < -0.4 is 14.4 Å². The fourth-order valence-corrected chi connectivity index (χ4v) is 7.36. The highest BCUT2D eigenvalue weighted by Crippen LogP contribution is 2.45. The fourth-order valence-electron chi connectivity index (χ4n) is 6.50. The minimum absolute atomic E-state index is 0.0422. The molecule has 2 aromatic rings. The van der Waals surface area contributed by atoms with Crippen LogP contribution in [0.3, 0.4) is 0 Å². The smallest absolute Gasteiger partial charge is 0.257 e. The summed E-state index contributed by atoms with van der Waals surface area (Å²) in [6, 6.07) is 3.82. The molecule has 1 spiro atoms. The first-order chi connectivity index (χ1) is 21.0. The van der Waals surface area contributed by atoms with E-state index < -0.39 is 15.8 Å². The van der Waals surface area contributed by atoms with E-state index in [1.165, 1.54) is 24.5 Å². The van der Waals surface area contributed by atoms with Crippen LogP contribution in [0.5, 0.6) is 11.5 Å². The number of sulfonamides is 1. The zero-order valence-corrected chi connectivity index (χ0v) is 27.0. The standard InChI is InChI=1S/C31H45FN6O5S/c1-5-38(22(3)4)30(39)26-15-23(32)7-10-27(26)43-28-16-33-21-34-29(28)37-19-31(20-37)11-13-36(14-12-31)17-25-9-8-24(18-42-25)35-44(40,41)6-2/h7,10,15-16,21-22,24-25,35H,5-6,8-9,11-14,17-20H2,1-4H3/t24-,25+/m0/s1. The molecule has 0 unspecified atom stereocenters. The van der Waals surface area contributed by atoms with Gasteiger partial charge in [-0.25, -0.2) is 27.5 Å². The molecule has 44 heavy (non-hydrogen) atoms. The Bertz CT molecular complexity index is 1400. The number of rotatable bonds is 11. The predicted octanol–water partition coefficient (Wildman–Crippen LogP) is 3.67. The van der Waals surface area contributed by atoms with Gasteiger partial charge in [0, 0.05) is 43.7 Å². The fraction of sp³-hybridized carbons (Fsp3) is 0.645. The Hall–Kier alpha value is -2.87. The van der Waals surface area contributed by atoms with Crippen molar-refractivity contribution in [3.05, 3.63) is 42.1 Å². The topological polar surface area (TPSA) is 117 Å². The van der Waals surface area contributed by atoms with E-state index in [-0.39, 0.29) is 46.6 Å². The molecule has 242 valence electrons. The van der Waals surface area contributed by atoms with Crippen molar-refractivity contribution >= 4 is 21.7 Å². The molecule has 4 heterocycles. The number of hydrogen-bond acceptors (Lipinski definition) is 9. The number of carbonyl (C=O) groups excluding carboxylic acids is 1. The number of nitrogens with one attached hydrogen (secondary N) is 1. The molecule has 11 nitrogen and oxygen atoms in total. The molecule has 3 saturated heterocycles. The van der Waals surface area contributed by atoms with Gasteiger partial charge in [0.15, 0.2) is 11.6 Å². The maximum Gasteiger partial charge on any atom is 0.257 e. The molecule has 0 radical (unpaired) electrons. The Morgan fingerprint density at radius 1 is 1.20 bits per heavy atom. The maximum absolute atomic E-state index is 14.2. The van der Waals surface area contributed by atoms with Gasteiger partial charge in [-0.15, -0.1) is 0 Å². The van der Waals surface area contributed by atoms with Crippen molar-refractivity contribution in [3.8, 4) is 11.5 Å². The quantitative estimate of drug-likeness (QED) is 0.396. The summed E-state index contributed by atoms with van der Waals surface area (Å²) in [5.41, 5.74) is 0.369. The van der Waals surface area contributed by atoms with Crippen LogP contribution in [0, 0.1) is 11.2 Å². The average molecular weight is 633 g/mol. The van der Waals surface area contributed by atoms with Gasteiger partial charge < -0.3 is 24.2 Å². The Balaban J connectivity index is 1.16. The van der Waals surface area contributed by atoms with E-state index in [9.17, 15) is 17.6 Å². The van der Waals surface area contributed by atoms with Crippen molar-refractivity contribution in [3.63, 3.8) is 0 Å². The van der Waals surface area contributed by atoms with E-state index >= 15 is 0 Å². The largest absolute Gasteiger partial charge is 0.451 e. The third-order valence-corrected chi connectivity index (χ3v) is 10.6. The molecule has 0 saturated carbocycles. The Morgan fingerprint density at radius 2 is 1.95 bits per heavy atom. The second-order valence-electron chi connectivity index (χ2n) is 12.5. The lowest BCUT2D eigenvalue weighted by Gasteiger charge is -2.54. The first-order valence-electron chi connectivity index (χ1n) is 15.7. The average Bonchev–Trinajstić information content (AvgIpc) is 2.99. The molecule has 2 atom stereocenters. The molecule has 5 rings (SSSR count). The first kappa shape index (κ1) is 32.5. The Labute approximate surface area is 260 Å². The number of ether oxygens (including phenoxy) is 2. The SMILES string of the molecule is CCN(C(=O)c1cc(F)ccc1Oc1cncnc1N1CC2(CCN(C[C@H]3CC[C@H](NS(=O)(=O)CC)CO3)CC2)C1)C(C)C. The lowest BCUT2D eigenvalue weighted by Crippen LogP contribution is -2.61. The zero-order valence-electron chi connectivity index (χ0n) is 26.2. The van der Waals surface area contributed by atoms with E-state index in [1.54, 1.807) is 18.0 Å². The van der Waals surface area contributed by atoms with Crippen molar-refractivity contribution in [2.75, 3.05) is 56.5 Å². The van der Waals surface area contributed by atoms with Crippen LogP contribution in [0.4, 0.5) is 10.2 Å². The summed E-state index contributed by atoms with van der Waals surface area (Å²) < 4.78 is 52.9. The molecule has 1 amide bonds. The van der Waals surface area contributed by atoms with E-state index in [0.29, 0.717) is 24.7 Å². The number of amides is 1. The van der Waals surface area contributed by atoms with Crippen LogP contribution in [-0.2, 0) is 14.8 Å². The van der Waals surface area contributed by atoms with Gasteiger partial charge in [-0.05, 0) is 84.7 Å². The number of piperidine rings is 1. The van der Waals surface area contributed by atoms with Crippen LogP contribution in [0.15, 0.2) is 30.7 Å². The summed E-state index contributed by atoms with van der Waals surface area (Å²) in [6.45, 7) is 12.8. The summed E-state index contributed by atoms with van der Waals surface area (Å²) in [6.07, 6.45) is 6.98. The van der Waals surface area contributed by atoms with Crippen LogP contribution >= 0.6 is 0 Å². The number of anilines is 1. The molecular weight excluding hydrogens is 587 g/mol. The van der Waals surface area contributed by atoms with Crippen LogP contribution in [0.1, 0.15) is 63.7 Å². The van der Waals surface area contributed by atoms with Gasteiger partial charge in [-0.2, -0.15) is 0 Å². The Morgan fingerprint density at radius 3 is 2.59 bits per heavy atom. The summed E-state index contributed by atoms with van der Waals surface area (Å²) in [7, 11) is -3.22. The third-order valence-electron chi connectivity index (χ3n) is 9.10. The number of nitrogens with zero attached hydrogens (tertiary/aromatic N) is 5. The van der Waals surface area contributed by atoms with E-state index in [2.05, 4.69) is 24.5 Å². The molecular formula is C31H45FN6O5S. The minimum atomic E-state index is -3.22. The zero-order chi connectivity index (χ0) is 31.5. The summed E-state index contributed by atoms with van der Waals surface area (Å²) in [5.74, 6) is 0.661. The normalized spacial score (nSPS) is 22.2. The van der Waals surface area contributed by atoms with Crippen molar-refractivity contribution < 1.29 is 27.1 Å². The van der Waals surface area contributed by atoms with Gasteiger partial charge >= 0.3 is 0 Å². The number of likely N-dealkylation sites (tertiary alicyclic amines) is 1. The summed E-state index contributed by atoms with van der Waals surface area (Å²) in [5, 5.41) is 0. The van der Waals surface area contributed by atoms with Gasteiger partial charge in [-0.1, -0.05) is 0 Å². The van der Waals surface area contributed by atoms with Gasteiger partial charge in [-0.3, -0.25) is 4.79 Å². The molecule has 1 aromatic carbocycles. The predicted molar refractivity (Wildman–Crippen MR) is 166 cm³/mol. The monoisotopic (exact) mass is 632 g/mol. The lowest BCUT2D eigenvalue weighted by molar-refractivity contribution is -0.0299. The van der Waals surface area contributed by atoms with Gasteiger partial charge in [0.1, 0.15) is 17.9 Å². The van der Waals surface area contributed by atoms with Crippen LogP contribution in [0.25, 0.3) is 0 Å². The number of hydrogen-bond donors (Lipinski definition) is 1. The minimum Gasteiger partial charge on any atom is -0.451 e. The highest BCUT2D eigenvalue weighted by Gasteiger charge is 2.46. The highest BCUT2D eigenvalue weighted by molar-refractivity contribution is 7.89. The second-order valence-corrected chi connectivity index (χ2v) is 14.6. The van der Waals surface area contributed by atoms with Crippen molar-refractivity contribution in [2.24, 2.45) is 5.41 Å². The Kier molecular flexibility index (Phi) is 10.1. The molecule has 13 heteroatoms. The van der Waals surface area contributed by atoms with Crippen LogP contribution in [0.2, 0.25) is 0 Å². The van der Waals surface area contributed by atoms with Crippen molar-refractivity contribution in [2.45, 2.75) is 71.6 Å². The molecule has 1 N–H and O–H groups in total. The molecule has 3 fully saturated rings. The van der Waals surface area contributed by atoms with Crippen molar-refractivity contribution in [1.82, 2.24) is 24.5 Å². The molecule has 3 aliphatic heterocycles. The summed E-state index contributed by atoms with van der Waals surface area (Å²) in [4.78, 5) is 28.3. The molecule has 3 aliphatic rings. The molecule has 0 bridgehead atoms.